The van der Waals surface area contributed by atoms with Crippen molar-refractivity contribution in [2.24, 2.45) is 4.99 Å². The van der Waals surface area contributed by atoms with Gasteiger partial charge in [-0.25, -0.2) is 9.79 Å². The smallest absolute Gasteiger partial charge is 0.408 e. The molecule has 0 saturated carbocycles. The summed E-state index contributed by atoms with van der Waals surface area (Å²) in [5.74, 6) is 1.45. The van der Waals surface area contributed by atoms with E-state index in [0.717, 1.165) is 12.3 Å². The van der Waals surface area contributed by atoms with Gasteiger partial charge in [-0.1, -0.05) is 0 Å². The molecule has 0 saturated heterocycles. The molecule has 144 valence electrons. The second-order valence-electron chi connectivity index (χ2n) is 7.14. The third-order valence-electron chi connectivity index (χ3n) is 2.85. The summed E-state index contributed by atoms with van der Waals surface area (Å²) in [7, 11) is 0. The normalized spacial score (nSPS) is 12.2. The van der Waals surface area contributed by atoms with Crippen molar-refractivity contribution < 1.29 is 13.9 Å². The molecule has 0 fully saturated rings. The lowest BCUT2D eigenvalue weighted by Gasteiger charge is -2.29. The van der Waals surface area contributed by atoms with Crippen molar-refractivity contribution in [1.29, 1.82) is 0 Å². The quantitative estimate of drug-likeness (QED) is 0.341. The molecule has 1 aromatic heterocycles. The van der Waals surface area contributed by atoms with Crippen molar-refractivity contribution in [3.05, 3.63) is 24.2 Å². The number of carbonyl (C=O) groups excluding carboxylic acids is 1. The van der Waals surface area contributed by atoms with Crippen molar-refractivity contribution in [3.63, 3.8) is 0 Å². The van der Waals surface area contributed by atoms with E-state index in [1.807, 2.05) is 53.7 Å². The first-order valence-corrected chi connectivity index (χ1v) is 8.17. The minimum absolute atomic E-state index is 0. The van der Waals surface area contributed by atoms with Gasteiger partial charge in [-0.3, -0.25) is 0 Å². The predicted molar refractivity (Wildman–Crippen MR) is 110 cm³/mol. The second-order valence-corrected chi connectivity index (χ2v) is 7.14. The van der Waals surface area contributed by atoms with E-state index in [9.17, 15) is 4.79 Å². The summed E-state index contributed by atoms with van der Waals surface area (Å²) in [5, 5.41) is 9.24. The van der Waals surface area contributed by atoms with Gasteiger partial charge in [-0.05, 0) is 53.7 Å². The zero-order chi connectivity index (χ0) is 18.2. The van der Waals surface area contributed by atoms with Gasteiger partial charge < -0.3 is 25.1 Å². The maximum Gasteiger partial charge on any atom is 0.408 e. The number of carbonyl (C=O) groups is 1. The second kappa shape index (κ2) is 10.5. The van der Waals surface area contributed by atoms with Gasteiger partial charge in [0, 0.05) is 13.1 Å². The molecule has 0 aliphatic carbocycles. The fraction of sp³-hybridized carbons (Fsp3) is 0.647. The van der Waals surface area contributed by atoms with Crippen molar-refractivity contribution in [3.8, 4) is 0 Å². The molecule has 0 spiro atoms. The van der Waals surface area contributed by atoms with Gasteiger partial charge in [0.15, 0.2) is 5.96 Å². The van der Waals surface area contributed by atoms with Gasteiger partial charge in [-0.15, -0.1) is 24.0 Å². The van der Waals surface area contributed by atoms with Gasteiger partial charge in [0.05, 0.1) is 11.8 Å². The SMILES string of the molecule is CCNC(=NCc1ccco1)NCC(C)(C)NC(=O)OC(C)(C)C.I. The lowest BCUT2D eigenvalue weighted by Crippen LogP contribution is -2.54. The Bertz CT molecular complexity index is 537. The molecule has 1 amide bonds. The Balaban J connectivity index is 0.00000576. The summed E-state index contributed by atoms with van der Waals surface area (Å²) >= 11 is 0. The summed E-state index contributed by atoms with van der Waals surface area (Å²) < 4.78 is 10.6. The van der Waals surface area contributed by atoms with E-state index >= 15 is 0 Å². The zero-order valence-electron chi connectivity index (χ0n) is 15.9. The predicted octanol–water partition coefficient (Wildman–Crippen LogP) is 3.26. The zero-order valence-corrected chi connectivity index (χ0v) is 18.3. The van der Waals surface area contributed by atoms with Crippen LogP contribution < -0.4 is 16.0 Å². The Morgan fingerprint density at radius 2 is 1.92 bits per heavy atom. The number of nitrogens with one attached hydrogen (secondary N) is 3. The summed E-state index contributed by atoms with van der Waals surface area (Å²) in [6.07, 6.45) is 1.19. The lowest BCUT2D eigenvalue weighted by atomic mass is 10.1. The summed E-state index contributed by atoms with van der Waals surface area (Å²) in [5.41, 5.74) is -1.02. The molecule has 7 nitrogen and oxygen atoms in total. The average molecular weight is 466 g/mol. The topological polar surface area (TPSA) is 87.9 Å². The van der Waals surface area contributed by atoms with Crippen LogP contribution in [-0.2, 0) is 11.3 Å². The molecule has 0 bridgehead atoms. The van der Waals surface area contributed by atoms with Crippen LogP contribution in [0.3, 0.4) is 0 Å². The number of rotatable bonds is 6. The minimum Gasteiger partial charge on any atom is -0.467 e. The highest BCUT2D eigenvalue weighted by Crippen LogP contribution is 2.09. The number of nitrogens with zero attached hydrogens (tertiary/aromatic N) is 1. The van der Waals surface area contributed by atoms with Gasteiger partial charge >= 0.3 is 6.09 Å². The number of alkyl carbamates (subject to hydrolysis) is 1. The number of guanidine groups is 1. The molecule has 0 unspecified atom stereocenters. The van der Waals surface area contributed by atoms with E-state index < -0.39 is 17.2 Å². The molecule has 1 aromatic rings. The van der Waals surface area contributed by atoms with Crippen molar-refractivity contribution in [2.75, 3.05) is 13.1 Å². The highest BCUT2D eigenvalue weighted by Gasteiger charge is 2.24. The van der Waals surface area contributed by atoms with Crippen LogP contribution in [0.5, 0.6) is 0 Å². The Morgan fingerprint density at radius 1 is 1.24 bits per heavy atom. The Labute approximate surface area is 167 Å². The Hall–Kier alpha value is -1.45. The number of amides is 1. The number of furan rings is 1. The van der Waals surface area contributed by atoms with Crippen LogP contribution in [0.2, 0.25) is 0 Å². The number of hydrogen-bond acceptors (Lipinski definition) is 4. The van der Waals surface area contributed by atoms with Gasteiger partial charge in [0.1, 0.15) is 17.9 Å². The largest absolute Gasteiger partial charge is 0.467 e. The van der Waals surface area contributed by atoms with E-state index in [-0.39, 0.29) is 24.0 Å². The fourth-order valence-electron chi connectivity index (χ4n) is 1.83. The van der Waals surface area contributed by atoms with Gasteiger partial charge in [-0.2, -0.15) is 0 Å². The fourth-order valence-corrected chi connectivity index (χ4v) is 1.83. The molecular formula is C17H31IN4O3. The third kappa shape index (κ3) is 10.9. The summed E-state index contributed by atoms with van der Waals surface area (Å²) in [4.78, 5) is 16.4. The Kier molecular flexibility index (Phi) is 9.91. The van der Waals surface area contributed by atoms with E-state index in [1.165, 1.54) is 0 Å². The molecule has 25 heavy (non-hydrogen) atoms. The first-order valence-electron chi connectivity index (χ1n) is 8.17. The van der Waals surface area contributed by atoms with Crippen LogP contribution in [-0.4, -0.2) is 36.3 Å². The van der Waals surface area contributed by atoms with Crippen LogP contribution in [0.15, 0.2) is 27.8 Å². The van der Waals surface area contributed by atoms with Crippen molar-refractivity contribution in [1.82, 2.24) is 16.0 Å². The molecule has 0 aliphatic rings. The average Bonchev–Trinajstić information content (AvgIpc) is 2.92. The van der Waals surface area contributed by atoms with Crippen molar-refractivity contribution in [2.45, 2.75) is 59.2 Å². The van der Waals surface area contributed by atoms with Crippen LogP contribution in [0, 0.1) is 0 Å². The maximum absolute atomic E-state index is 11.9. The van der Waals surface area contributed by atoms with Crippen LogP contribution >= 0.6 is 24.0 Å². The highest BCUT2D eigenvalue weighted by molar-refractivity contribution is 14.0. The van der Waals surface area contributed by atoms with Gasteiger partial charge in [0.2, 0.25) is 0 Å². The first kappa shape index (κ1) is 23.5. The molecular weight excluding hydrogens is 435 g/mol. The standard InChI is InChI=1S/C17H30N4O3.HI/c1-7-18-14(19-11-13-9-8-10-23-13)20-12-17(5,6)21-15(22)24-16(2,3)4;/h8-10H,7,11-12H2,1-6H3,(H,21,22)(H2,18,19,20);1H. The summed E-state index contributed by atoms with van der Waals surface area (Å²) in [6, 6.07) is 3.71. The Morgan fingerprint density at radius 3 is 2.44 bits per heavy atom. The molecule has 0 radical (unpaired) electrons. The molecule has 1 rings (SSSR count). The minimum atomic E-state index is -0.521. The lowest BCUT2D eigenvalue weighted by molar-refractivity contribution is 0.0474. The van der Waals surface area contributed by atoms with E-state index in [2.05, 4.69) is 20.9 Å². The van der Waals surface area contributed by atoms with Crippen LogP contribution in [0.25, 0.3) is 0 Å². The number of halogens is 1. The van der Waals surface area contributed by atoms with Crippen molar-refractivity contribution >= 4 is 36.0 Å². The number of hydrogen-bond donors (Lipinski definition) is 3. The van der Waals surface area contributed by atoms with E-state index in [0.29, 0.717) is 19.0 Å². The number of ether oxygens (including phenoxy) is 1. The monoisotopic (exact) mass is 466 g/mol. The highest BCUT2D eigenvalue weighted by atomic mass is 127. The van der Waals surface area contributed by atoms with Crippen LogP contribution in [0.4, 0.5) is 4.79 Å². The first-order chi connectivity index (χ1) is 11.1. The molecule has 8 heteroatoms. The van der Waals surface area contributed by atoms with Crippen LogP contribution in [0.1, 0.15) is 47.3 Å². The molecule has 0 aromatic carbocycles. The van der Waals surface area contributed by atoms with E-state index in [4.69, 9.17) is 9.15 Å². The number of aliphatic imine (C=N–C) groups is 1. The van der Waals surface area contributed by atoms with Gasteiger partial charge in [0.25, 0.3) is 0 Å². The third-order valence-corrected chi connectivity index (χ3v) is 2.85. The maximum atomic E-state index is 11.9. The molecule has 1 heterocycles. The molecule has 0 atom stereocenters. The molecule has 3 N–H and O–H groups in total. The summed E-state index contributed by atoms with van der Waals surface area (Å²) in [6.45, 7) is 13.0. The van der Waals surface area contributed by atoms with E-state index in [1.54, 1.807) is 6.26 Å². The molecule has 0 aliphatic heterocycles.